The maximum absolute atomic E-state index is 11.9. The molecule has 1 heterocycles. The third-order valence-corrected chi connectivity index (χ3v) is 3.40. The number of amidine groups is 1. The molecule has 106 valence electrons. The van der Waals surface area contributed by atoms with Gasteiger partial charge in [0.2, 0.25) is 0 Å². The van der Waals surface area contributed by atoms with Gasteiger partial charge in [0.15, 0.2) is 0 Å². The van der Waals surface area contributed by atoms with Crippen LogP contribution in [0.25, 0.3) is 0 Å². The monoisotopic (exact) mass is 272 g/mol. The van der Waals surface area contributed by atoms with Gasteiger partial charge in [-0.15, -0.1) is 0 Å². The van der Waals surface area contributed by atoms with Gasteiger partial charge in [-0.05, 0) is 26.3 Å². The van der Waals surface area contributed by atoms with Gasteiger partial charge in [0.25, 0.3) is 0 Å². The van der Waals surface area contributed by atoms with E-state index in [9.17, 15) is 4.79 Å². The first kappa shape index (κ1) is 14.3. The molecule has 4 heteroatoms. The molecule has 0 saturated carbocycles. The molecule has 1 aliphatic heterocycles. The number of rotatable bonds is 4. The van der Waals surface area contributed by atoms with Crippen LogP contribution < -0.4 is 0 Å². The molecule has 1 aromatic rings. The molecule has 1 aromatic carbocycles. The van der Waals surface area contributed by atoms with E-state index in [-0.39, 0.29) is 5.97 Å². The number of ether oxygens (including phenoxy) is 1. The lowest BCUT2D eigenvalue weighted by Gasteiger charge is -2.30. The number of hydrogen-bond acceptors (Lipinski definition) is 4. The van der Waals surface area contributed by atoms with Crippen molar-refractivity contribution in [2.24, 2.45) is 4.99 Å². The number of carbonyl (C=O) groups is 1. The van der Waals surface area contributed by atoms with Crippen molar-refractivity contribution in [2.45, 2.75) is 27.3 Å². The predicted octanol–water partition coefficient (Wildman–Crippen LogP) is 2.76. The van der Waals surface area contributed by atoms with Crippen molar-refractivity contribution in [1.29, 1.82) is 0 Å². The maximum Gasteiger partial charge on any atom is 0.337 e. The molecule has 0 radical (unpaired) electrons. The van der Waals surface area contributed by atoms with Gasteiger partial charge < -0.3 is 9.64 Å². The van der Waals surface area contributed by atoms with Crippen molar-refractivity contribution in [2.75, 3.05) is 13.2 Å². The van der Waals surface area contributed by atoms with Crippen LogP contribution >= 0.6 is 0 Å². The molecule has 1 aliphatic rings. The number of nitrogens with zero attached hydrogens (tertiary/aromatic N) is 2. The molecular formula is C16H20N2O2. The number of benzene rings is 1. The van der Waals surface area contributed by atoms with E-state index in [2.05, 4.69) is 22.0 Å². The first-order valence-electron chi connectivity index (χ1n) is 6.83. The number of esters is 1. The summed E-state index contributed by atoms with van der Waals surface area (Å²) < 4.78 is 5.09. The minimum absolute atomic E-state index is 0.265. The predicted molar refractivity (Wildman–Crippen MR) is 79.3 cm³/mol. The van der Waals surface area contributed by atoms with Gasteiger partial charge in [0.05, 0.1) is 18.7 Å². The molecule has 0 saturated heterocycles. The second-order valence-corrected chi connectivity index (χ2v) is 4.72. The van der Waals surface area contributed by atoms with Crippen molar-refractivity contribution < 1.29 is 9.53 Å². The molecule has 0 unspecified atom stereocenters. The summed E-state index contributed by atoms with van der Waals surface area (Å²) in [6.07, 6.45) is 0. The lowest BCUT2D eigenvalue weighted by Crippen LogP contribution is -2.33. The number of carbonyl (C=O) groups excluding carboxylic acids is 1. The minimum Gasteiger partial charge on any atom is -0.463 e. The summed E-state index contributed by atoms with van der Waals surface area (Å²) in [7, 11) is 0. The molecule has 0 fully saturated rings. The van der Waals surface area contributed by atoms with Crippen LogP contribution in [0.2, 0.25) is 0 Å². The van der Waals surface area contributed by atoms with Gasteiger partial charge in [-0.1, -0.05) is 30.3 Å². The van der Waals surface area contributed by atoms with Crippen LogP contribution in [0.3, 0.4) is 0 Å². The summed E-state index contributed by atoms with van der Waals surface area (Å²) in [4.78, 5) is 18.4. The fraction of sp³-hybridized carbons (Fsp3) is 0.375. The second-order valence-electron chi connectivity index (χ2n) is 4.72. The Balaban J connectivity index is 2.23. The van der Waals surface area contributed by atoms with Crippen LogP contribution in [0.5, 0.6) is 0 Å². The van der Waals surface area contributed by atoms with Crippen LogP contribution in [0, 0.1) is 0 Å². The summed E-state index contributed by atoms with van der Waals surface area (Å²) >= 11 is 0. The van der Waals surface area contributed by atoms with Crippen molar-refractivity contribution in [3.63, 3.8) is 0 Å². The molecule has 0 aliphatic carbocycles. The summed E-state index contributed by atoms with van der Waals surface area (Å²) in [6, 6.07) is 10.2. The van der Waals surface area contributed by atoms with Crippen LogP contribution in [0.4, 0.5) is 0 Å². The molecule has 0 atom stereocenters. The van der Waals surface area contributed by atoms with Crippen LogP contribution in [-0.4, -0.2) is 29.9 Å². The zero-order valence-electron chi connectivity index (χ0n) is 12.2. The highest BCUT2D eigenvalue weighted by molar-refractivity contribution is 5.93. The Morgan fingerprint density at radius 3 is 2.65 bits per heavy atom. The highest BCUT2D eigenvalue weighted by atomic mass is 16.5. The Morgan fingerprint density at radius 1 is 1.30 bits per heavy atom. The average Bonchev–Trinajstić information content (AvgIpc) is 2.45. The maximum atomic E-state index is 11.9. The molecular weight excluding hydrogens is 252 g/mol. The zero-order valence-corrected chi connectivity index (χ0v) is 12.2. The number of hydrogen-bond donors (Lipinski definition) is 0. The van der Waals surface area contributed by atoms with E-state index in [1.807, 2.05) is 39.0 Å². The Kier molecular flexibility index (Phi) is 4.56. The molecule has 0 amide bonds. The number of aliphatic imine (C=N–C) groups is 1. The van der Waals surface area contributed by atoms with Crippen LogP contribution in [-0.2, 0) is 16.1 Å². The standard InChI is InChI=1S/C16H20N2O2/c1-4-20-16(19)15-10-17-13(3)18(12(15)2)11-14-8-6-5-7-9-14/h5-9H,4,10-11H2,1-3H3. The molecule has 0 aromatic heterocycles. The fourth-order valence-corrected chi connectivity index (χ4v) is 2.23. The van der Waals surface area contributed by atoms with Gasteiger partial charge in [-0.25, -0.2) is 4.79 Å². The van der Waals surface area contributed by atoms with Crippen molar-refractivity contribution in [1.82, 2.24) is 4.90 Å². The van der Waals surface area contributed by atoms with Gasteiger partial charge in [-0.2, -0.15) is 0 Å². The average molecular weight is 272 g/mol. The molecule has 0 spiro atoms. The van der Waals surface area contributed by atoms with E-state index in [4.69, 9.17) is 4.74 Å². The normalized spacial score (nSPS) is 15.2. The highest BCUT2D eigenvalue weighted by Gasteiger charge is 2.23. The first-order chi connectivity index (χ1) is 9.63. The van der Waals surface area contributed by atoms with Crippen molar-refractivity contribution >= 4 is 11.8 Å². The van der Waals surface area contributed by atoms with Gasteiger partial charge in [0.1, 0.15) is 5.84 Å². The Labute approximate surface area is 119 Å². The van der Waals surface area contributed by atoms with E-state index in [0.717, 1.165) is 11.5 Å². The Hall–Kier alpha value is -2.10. The molecule has 0 N–H and O–H groups in total. The van der Waals surface area contributed by atoms with Crippen LogP contribution in [0.15, 0.2) is 46.6 Å². The minimum atomic E-state index is -0.265. The van der Waals surface area contributed by atoms with E-state index < -0.39 is 0 Å². The number of allylic oxidation sites excluding steroid dienone is 1. The van der Waals surface area contributed by atoms with E-state index in [1.165, 1.54) is 5.56 Å². The molecule has 4 nitrogen and oxygen atoms in total. The van der Waals surface area contributed by atoms with Gasteiger partial charge >= 0.3 is 5.97 Å². The second kappa shape index (κ2) is 6.37. The molecule has 20 heavy (non-hydrogen) atoms. The highest BCUT2D eigenvalue weighted by Crippen LogP contribution is 2.20. The molecule has 2 rings (SSSR count). The van der Waals surface area contributed by atoms with Crippen molar-refractivity contribution in [3.05, 3.63) is 47.2 Å². The summed E-state index contributed by atoms with van der Waals surface area (Å²) in [5.74, 6) is 0.665. The lowest BCUT2D eigenvalue weighted by atomic mass is 10.1. The summed E-state index contributed by atoms with van der Waals surface area (Å²) in [5, 5.41) is 0. The fourth-order valence-electron chi connectivity index (χ4n) is 2.23. The third-order valence-electron chi connectivity index (χ3n) is 3.40. The SMILES string of the molecule is CCOC(=O)C1=C(C)N(Cc2ccccc2)C(C)=NC1. The van der Waals surface area contributed by atoms with E-state index in [0.29, 0.717) is 25.3 Å². The summed E-state index contributed by atoms with van der Waals surface area (Å²) in [5.41, 5.74) is 2.76. The Morgan fingerprint density at radius 2 is 2.00 bits per heavy atom. The largest absolute Gasteiger partial charge is 0.463 e. The topological polar surface area (TPSA) is 41.9 Å². The van der Waals surface area contributed by atoms with Gasteiger partial charge in [0, 0.05) is 12.2 Å². The molecule has 0 bridgehead atoms. The zero-order chi connectivity index (χ0) is 14.5. The third kappa shape index (κ3) is 3.07. The quantitative estimate of drug-likeness (QED) is 0.791. The van der Waals surface area contributed by atoms with E-state index >= 15 is 0 Å². The van der Waals surface area contributed by atoms with Gasteiger partial charge in [-0.3, -0.25) is 4.99 Å². The smallest absolute Gasteiger partial charge is 0.337 e. The van der Waals surface area contributed by atoms with Crippen LogP contribution in [0.1, 0.15) is 26.3 Å². The lowest BCUT2D eigenvalue weighted by molar-refractivity contribution is -0.138. The first-order valence-corrected chi connectivity index (χ1v) is 6.83. The van der Waals surface area contributed by atoms with E-state index in [1.54, 1.807) is 0 Å². The Bertz CT molecular complexity index is 547. The summed E-state index contributed by atoms with van der Waals surface area (Å²) in [6.45, 7) is 7.23. The van der Waals surface area contributed by atoms with Crippen molar-refractivity contribution in [3.8, 4) is 0 Å².